The summed E-state index contributed by atoms with van der Waals surface area (Å²) in [6.07, 6.45) is 0. The van der Waals surface area contributed by atoms with Crippen LogP contribution in [0, 0.1) is 0 Å². The molecule has 9 heteroatoms. The van der Waals surface area contributed by atoms with E-state index in [1.807, 2.05) is 6.07 Å². The maximum atomic E-state index is 6.74. The van der Waals surface area contributed by atoms with Gasteiger partial charge in [0.1, 0.15) is 11.5 Å². The van der Waals surface area contributed by atoms with Crippen LogP contribution in [0.25, 0.3) is 27.5 Å². The lowest BCUT2D eigenvalue weighted by Crippen LogP contribution is -2.48. The van der Waals surface area contributed by atoms with Crippen LogP contribution in [0.4, 0.5) is 0 Å². The first kappa shape index (κ1) is 27.9. The largest absolute Gasteiger partial charge is 0.518 e. The van der Waals surface area contributed by atoms with Crippen LogP contribution in [0.15, 0.2) is 66.7 Å². The molecular formula is C28H41NO4Si4. The van der Waals surface area contributed by atoms with Crippen LogP contribution in [-0.4, -0.2) is 38.3 Å². The fourth-order valence-electron chi connectivity index (χ4n) is 5.05. The standard InChI is InChI=1S/C28H41NO4Si4/c1-34(2,3)32-36(7,8)30-27-20-19-22(21-28(27)31-37(9,10)33-35(4,5)6)29-25-17-13-11-15-23(25)24-16-12-14-18-26(24)29/h11-21H,1-10H3. The predicted octanol–water partition coefficient (Wildman–Crippen LogP) is 8.65. The molecule has 198 valence electrons. The van der Waals surface area contributed by atoms with Gasteiger partial charge in [-0.05, 0) is 89.7 Å². The summed E-state index contributed by atoms with van der Waals surface area (Å²) in [4.78, 5) is 0. The van der Waals surface area contributed by atoms with E-state index in [1.165, 1.54) is 10.8 Å². The van der Waals surface area contributed by atoms with Gasteiger partial charge in [-0.25, -0.2) is 0 Å². The fraction of sp³-hybridized carbons (Fsp3) is 0.357. The first-order valence-electron chi connectivity index (χ1n) is 12.9. The number of benzene rings is 3. The molecule has 0 radical (unpaired) electrons. The van der Waals surface area contributed by atoms with Crippen LogP contribution in [0.5, 0.6) is 11.5 Å². The van der Waals surface area contributed by atoms with Crippen LogP contribution in [0.2, 0.25) is 65.5 Å². The van der Waals surface area contributed by atoms with Gasteiger partial charge in [-0.2, -0.15) is 0 Å². The van der Waals surface area contributed by atoms with Gasteiger partial charge in [-0.1, -0.05) is 36.4 Å². The molecule has 0 atom stereocenters. The minimum Gasteiger partial charge on any atom is -0.518 e. The number of para-hydroxylation sites is 2. The molecule has 5 nitrogen and oxygen atoms in total. The Labute approximate surface area is 226 Å². The Morgan fingerprint density at radius 3 is 1.41 bits per heavy atom. The third kappa shape index (κ3) is 6.84. The van der Waals surface area contributed by atoms with E-state index in [4.69, 9.17) is 17.1 Å². The van der Waals surface area contributed by atoms with Crippen molar-refractivity contribution in [1.82, 2.24) is 4.57 Å². The van der Waals surface area contributed by atoms with E-state index in [-0.39, 0.29) is 0 Å². The number of fused-ring (bicyclic) bond motifs is 3. The molecule has 37 heavy (non-hydrogen) atoms. The molecule has 0 N–H and O–H groups in total. The highest BCUT2D eigenvalue weighted by Crippen LogP contribution is 2.38. The van der Waals surface area contributed by atoms with E-state index < -0.39 is 33.8 Å². The summed E-state index contributed by atoms with van der Waals surface area (Å²) in [6.45, 7) is 21.7. The van der Waals surface area contributed by atoms with Gasteiger partial charge in [-0.3, -0.25) is 0 Å². The Bertz CT molecular complexity index is 1360. The van der Waals surface area contributed by atoms with Gasteiger partial charge in [0, 0.05) is 16.8 Å². The first-order valence-corrected chi connectivity index (χ1v) is 25.4. The summed E-state index contributed by atoms with van der Waals surface area (Å²) >= 11 is 0. The molecule has 1 heterocycles. The van der Waals surface area contributed by atoms with Gasteiger partial charge in [-0.15, -0.1) is 0 Å². The molecule has 3 aromatic carbocycles. The van der Waals surface area contributed by atoms with E-state index in [1.54, 1.807) is 0 Å². The molecule has 0 unspecified atom stereocenters. The van der Waals surface area contributed by atoms with Crippen LogP contribution in [0.1, 0.15) is 0 Å². The van der Waals surface area contributed by atoms with E-state index in [2.05, 4.69) is 131 Å². The van der Waals surface area contributed by atoms with Crippen LogP contribution in [-0.2, 0) is 8.23 Å². The van der Waals surface area contributed by atoms with Crippen LogP contribution >= 0.6 is 0 Å². The second kappa shape index (κ2) is 9.86. The lowest BCUT2D eigenvalue weighted by atomic mass is 10.2. The van der Waals surface area contributed by atoms with Crippen LogP contribution in [0.3, 0.4) is 0 Å². The second-order valence-electron chi connectivity index (χ2n) is 12.4. The number of rotatable bonds is 9. The molecular weight excluding hydrogens is 527 g/mol. The Balaban J connectivity index is 1.85. The van der Waals surface area contributed by atoms with Crippen LogP contribution < -0.4 is 8.85 Å². The van der Waals surface area contributed by atoms with E-state index in [0.717, 1.165) is 22.5 Å². The van der Waals surface area contributed by atoms with Gasteiger partial charge < -0.3 is 21.6 Å². The molecule has 0 aliphatic heterocycles. The van der Waals surface area contributed by atoms with Gasteiger partial charge in [0.05, 0.1) is 16.7 Å². The van der Waals surface area contributed by atoms with Crippen molar-refractivity contribution in [2.75, 3.05) is 0 Å². The monoisotopic (exact) mass is 567 g/mol. The van der Waals surface area contributed by atoms with Crippen molar-refractivity contribution in [3.63, 3.8) is 0 Å². The van der Waals surface area contributed by atoms with Crippen molar-refractivity contribution in [1.29, 1.82) is 0 Å². The van der Waals surface area contributed by atoms with Crippen molar-refractivity contribution in [2.45, 2.75) is 65.5 Å². The van der Waals surface area contributed by atoms with E-state index in [0.29, 0.717) is 5.75 Å². The zero-order valence-electron chi connectivity index (χ0n) is 23.9. The SMILES string of the molecule is C[Si](C)(C)O[Si](C)(C)Oc1ccc(-n2c3ccccc3c3ccccc32)cc1O[Si](C)(C)O[Si](C)(C)C. The first-order chi connectivity index (χ1) is 17.0. The normalized spacial score (nSPS) is 13.4. The smallest absolute Gasteiger partial charge is 0.382 e. The summed E-state index contributed by atoms with van der Waals surface area (Å²) < 4.78 is 28.7. The quantitative estimate of drug-likeness (QED) is 0.190. The summed E-state index contributed by atoms with van der Waals surface area (Å²) in [5, 5.41) is 2.46. The molecule has 0 saturated heterocycles. The van der Waals surface area contributed by atoms with Gasteiger partial charge in [0.2, 0.25) is 0 Å². The molecule has 4 rings (SSSR count). The molecule has 0 bridgehead atoms. The topological polar surface area (TPSA) is 41.9 Å². The zero-order chi connectivity index (χ0) is 27.2. The third-order valence-corrected chi connectivity index (χ3v) is 15.8. The molecule has 4 aromatic rings. The predicted molar refractivity (Wildman–Crippen MR) is 166 cm³/mol. The Hall–Kier alpha value is -2.15. The maximum absolute atomic E-state index is 6.74. The van der Waals surface area contributed by atoms with Crippen molar-refractivity contribution in [3.8, 4) is 17.2 Å². The van der Waals surface area contributed by atoms with Crippen molar-refractivity contribution < 1.29 is 17.1 Å². The van der Waals surface area contributed by atoms with Crippen molar-refractivity contribution >= 4 is 55.6 Å². The highest BCUT2D eigenvalue weighted by atomic mass is 28.4. The second-order valence-corrected chi connectivity index (χ2v) is 28.5. The minimum atomic E-state index is -2.49. The third-order valence-electron chi connectivity index (χ3n) is 5.58. The summed E-state index contributed by atoms with van der Waals surface area (Å²) in [7, 11) is -8.52. The summed E-state index contributed by atoms with van der Waals surface area (Å²) in [5.74, 6) is 1.44. The Kier molecular flexibility index (Phi) is 7.43. The average Bonchev–Trinajstić information content (AvgIpc) is 3.06. The molecule has 1 aromatic heterocycles. The zero-order valence-corrected chi connectivity index (χ0v) is 27.9. The lowest BCUT2D eigenvalue weighted by Gasteiger charge is -2.34. The van der Waals surface area contributed by atoms with E-state index >= 15 is 0 Å². The minimum absolute atomic E-state index is 0.717. The van der Waals surface area contributed by atoms with E-state index in [9.17, 15) is 0 Å². The number of hydrogen-bond donors (Lipinski definition) is 0. The number of hydrogen-bond acceptors (Lipinski definition) is 4. The maximum Gasteiger partial charge on any atom is 0.382 e. The summed E-state index contributed by atoms with van der Waals surface area (Å²) in [6, 6.07) is 23.3. The average molecular weight is 568 g/mol. The molecule has 0 amide bonds. The van der Waals surface area contributed by atoms with Crippen molar-refractivity contribution in [3.05, 3.63) is 66.7 Å². The van der Waals surface area contributed by atoms with Gasteiger partial charge >= 0.3 is 17.1 Å². The van der Waals surface area contributed by atoms with Crippen molar-refractivity contribution in [2.24, 2.45) is 0 Å². The Morgan fingerprint density at radius 1 is 0.514 bits per heavy atom. The lowest BCUT2D eigenvalue weighted by molar-refractivity contribution is 0.362. The van der Waals surface area contributed by atoms with Gasteiger partial charge in [0.15, 0.2) is 16.6 Å². The highest BCUT2D eigenvalue weighted by molar-refractivity contribution is 6.82. The molecule has 0 saturated carbocycles. The Morgan fingerprint density at radius 2 is 0.946 bits per heavy atom. The number of aromatic nitrogens is 1. The highest BCUT2D eigenvalue weighted by Gasteiger charge is 2.37. The number of nitrogens with zero attached hydrogens (tertiary/aromatic N) is 1. The molecule has 0 spiro atoms. The fourth-order valence-corrected chi connectivity index (χ4v) is 18.6. The molecule has 0 aliphatic carbocycles. The molecule has 0 fully saturated rings. The summed E-state index contributed by atoms with van der Waals surface area (Å²) in [5.41, 5.74) is 3.35. The van der Waals surface area contributed by atoms with Gasteiger partial charge in [0.25, 0.3) is 0 Å². The molecule has 0 aliphatic rings.